The van der Waals surface area contributed by atoms with E-state index < -0.39 is 0 Å². The number of carbonyl (C=O) groups excluding carboxylic acids is 1. The first-order chi connectivity index (χ1) is 7.52. The smallest absolute Gasteiger partial charge is 0.325 e. The summed E-state index contributed by atoms with van der Waals surface area (Å²) in [6.45, 7) is 6.63. The van der Waals surface area contributed by atoms with Gasteiger partial charge in [-0.25, -0.2) is 0 Å². The summed E-state index contributed by atoms with van der Waals surface area (Å²) < 4.78 is 4.91. The number of esters is 1. The standard InChI is InChI=1S/C13H19NO2/c1-5-16-13(15)9-14(4)12-7-10(2)6-11(3)8-12/h6-8H,5,9H2,1-4H3. The summed E-state index contributed by atoms with van der Waals surface area (Å²) in [4.78, 5) is 13.2. The third-order valence-electron chi connectivity index (χ3n) is 2.32. The number of hydrogen-bond donors (Lipinski definition) is 0. The van der Waals surface area contributed by atoms with Gasteiger partial charge in [0.05, 0.1) is 6.61 Å². The molecule has 0 atom stereocenters. The Morgan fingerprint density at radius 2 is 1.81 bits per heavy atom. The van der Waals surface area contributed by atoms with E-state index in [9.17, 15) is 4.79 Å². The van der Waals surface area contributed by atoms with Gasteiger partial charge >= 0.3 is 5.97 Å². The number of anilines is 1. The molecule has 0 unspecified atom stereocenters. The van der Waals surface area contributed by atoms with Crippen molar-refractivity contribution >= 4 is 11.7 Å². The summed E-state index contributed by atoms with van der Waals surface area (Å²) >= 11 is 0. The van der Waals surface area contributed by atoms with Crippen molar-refractivity contribution in [1.29, 1.82) is 0 Å². The van der Waals surface area contributed by atoms with Gasteiger partial charge in [-0.2, -0.15) is 0 Å². The Kier molecular flexibility index (Phi) is 4.35. The van der Waals surface area contributed by atoms with E-state index in [0.29, 0.717) is 6.61 Å². The molecule has 0 saturated carbocycles. The summed E-state index contributed by atoms with van der Waals surface area (Å²) in [7, 11) is 1.89. The molecule has 0 fully saturated rings. The number of nitrogens with zero attached hydrogens (tertiary/aromatic N) is 1. The van der Waals surface area contributed by atoms with Crippen LogP contribution >= 0.6 is 0 Å². The van der Waals surface area contributed by atoms with Crippen LogP contribution in [-0.4, -0.2) is 26.2 Å². The van der Waals surface area contributed by atoms with Crippen LogP contribution in [0.1, 0.15) is 18.1 Å². The van der Waals surface area contributed by atoms with Crippen LogP contribution < -0.4 is 4.90 Å². The van der Waals surface area contributed by atoms with Crippen molar-refractivity contribution in [3.05, 3.63) is 29.3 Å². The Hall–Kier alpha value is -1.51. The molecule has 0 heterocycles. The van der Waals surface area contributed by atoms with Crippen molar-refractivity contribution in [3.63, 3.8) is 0 Å². The molecule has 3 heteroatoms. The molecule has 0 amide bonds. The summed E-state index contributed by atoms with van der Waals surface area (Å²) in [5.74, 6) is -0.191. The Balaban J connectivity index is 2.72. The second-order valence-electron chi connectivity index (χ2n) is 4.01. The first-order valence-electron chi connectivity index (χ1n) is 5.48. The number of carbonyl (C=O) groups is 1. The van der Waals surface area contributed by atoms with Crippen LogP contribution in [0.3, 0.4) is 0 Å². The Bertz CT molecular complexity index is 354. The zero-order valence-corrected chi connectivity index (χ0v) is 10.4. The molecule has 0 radical (unpaired) electrons. The molecule has 1 aromatic carbocycles. The van der Waals surface area contributed by atoms with Gasteiger partial charge < -0.3 is 9.64 Å². The maximum Gasteiger partial charge on any atom is 0.325 e. The average molecular weight is 221 g/mol. The largest absolute Gasteiger partial charge is 0.465 e. The van der Waals surface area contributed by atoms with E-state index in [1.165, 1.54) is 11.1 Å². The SMILES string of the molecule is CCOC(=O)CN(C)c1cc(C)cc(C)c1. The molecule has 1 aromatic rings. The number of aryl methyl sites for hydroxylation is 2. The third-order valence-corrected chi connectivity index (χ3v) is 2.32. The molecule has 0 aliphatic heterocycles. The average Bonchev–Trinajstić information content (AvgIpc) is 2.16. The molecule has 0 aromatic heterocycles. The summed E-state index contributed by atoms with van der Waals surface area (Å²) in [6, 6.07) is 6.24. The maximum absolute atomic E-state index is 11.3. The summed E-state index contributed by atoms with van der Waals surface area (Å²) in [6.07, 6.45) is 0. The lowest BCUT2D eigenvalue weighted by atomic mass is 10.1. The Morgan fingerprint density at radius 3 is 2.31 bits per heavy atom. The molecule has 3 nitrogen and oxygen atoms in total. The lowest BCUT2D eigenvalue weighted by Gasteiger charge is -2.19. The number of rotatable bonds is 4. The van der Waals surface area contributed by atoms with Crippen molar-refractivity contribution in [2.75, 3.05) is 25.1 Å². The minimum atomic E-state index is -0.191. The minimum Gasteiger partial charge on any atom is -0.465 e. The predicted molar refractivity (Wildman–Crippen MR) is 65.8 cm³/mol. The quantitative estimate of drug-likeness (QED) is 0.731. The van der Waals surface area contributed by atoms with E-state index in [-0.39, 0.29) is 12.5 Å². The van der Waals surface area contributed by atoms with Gasteiger partial charge in [-0.1, -0.05) is 6.07 Å². The summed E-state index contributed by atoms with van der Waals surface area (Å²) in [5, 5.41) is 0. The highest BCUT2D eigenvalue weighted by molar-refractivity contribution is 5.75. The van der Waals surface area contributed by atoms with Gasteiger partial charge in [-0.15, -0.1) is 0 Å². The number of likely N-dealkylation sites (N-methyl/N-ethyl adjacent to an activating group) is 1. The third kappa shape index (κ3) is 3.57. The van der Waals surface area contributed by atoms with Crippen LogP contribution in [0.15, 0.2) is 18.2 Å². The van der Waals surface area contributed by atoms with Gasteiger partial charge in [-0.05, 0) is 44.0 Å². The fraction of sp³-hybridized carbons (Fsp3) is 0.462. The fourth-order valence-electron chi connectivity index (χ4n) is 1.66. The molecule has 1 rings (SSSR count). The monoisotopic (exact) mass is 221 g/mol. The molecule has 0 saturated heterocycles. The number of benzene rings is 1. The van der Waals surface area contributed by atoms with Crippen LogP contribution in [-0.2, 0) is 9.53 Å². The topological polar surface area (TPSA) is 29.5 Å². The molecular weight excluding hydrogens is 202 g/mol. The van der Waals surface area contributed by atoms with E-state index in [1.807, 2.05) is 18.9 Å². The van der Waals surface area contributed by atoms with Gasteiger partial charge in [0, 0.05) is 12.7 Å². The lowest BCUT2D eigenvalue weighted by Crippen LogP contribution is -2.27. The first kappa shape index (κ1) is 12.6. The highest BCUT2D eigenvalue weighted by atomic mass is 16.5. The van der Waals surface area contributed by atoms with E-state index in [0.717, 1.165) is 5.69 Å². The zero-order chi connectivity index (χ0) is 12.1. The molecule has 16 heavy (non-hydrogen) atoms. The normalized spacial score (nSPS) is 10.0. The van der Waals surface area contributed by atoms with E-state index in [4.69, 9.17) is 4.74 Å². The van der Waals surface area contributed by atoms with E-state index >= 15 is 0 Å². The fourth-order valence-corrected chi connectivity index (χ4v) is 1.66. The van der Waals surface area contributed by atoms with Crippen LogP contribution in [0.25, 0.3) is 0 Å². The lowest BCUT2D eigenvalue weighted by molar-refractivity contribution is -0.141. The van der Waals surface area contributed by atoms with Gasteiger partial charge in [0.1, 0.15) is 6.54 Å². The highest BCUT2D eigenvalue weighted by Crippen LogP contribution is 2.17. The molecule has 0 bridgehead atoms. The Morgan fingerprint density at radius 1 is 1.25 bits per heavy atom. The van der Waals surface area contributed by atoms with Gasteiger partial charge in [0.25, 0.3) is 0 Å². The first-order valence-corrected chi connectivity index (χ1v) is 5.48. The second kappa shape index (κ2) is 5.54. The van der Waals surface area contributed by atoms with Crippen LogP contribution in [0.2, 0.25) is 0 Å². The summed E-state index contributed by atoms with van der Waals surface area (Å²) in [5.41, 5.74) is 3.45. The maximum atomic E-state index is 11.3. The highest BCUT2D eigenvalue weighted by Gasteiger charge is 2.08. The molecule has 0 aliphatic rings. The molecule has 0 spiro atoms. The van der Waals surface area contributed by atoms with Crippen LogP contribution in [0.5, 0.6) is 0 Å². The van der Waals surface area contributed by atoms with Gasteiger partial charge in [0.15, 0.2) is 0 Å². The van der Waals surface area contributed by atoms with Crippen molar-refractivity contribution in [1.82, 2.24) is 0 Å². The zero-order valence-electron chi connectivity index (χ0n) is 10.4. The minimum absolute atomic E-state index is 0.191. The molecular formula is C13H19NO2. The van der Waals surface area contributed by atoms with Gasteiger partial charge in [-0.3, -0.25) is 4.79 Å². The molecule has 0 N–H and O–H groups in total. The number of hydrogen-bond acceptors (Lipinski definition) is 3. The van der Waals surface area contributed by atoms with Crippen molar-refractivity contribution in [2.24, 2.45) is 0 Å². The molecule has 88 valence electrons. The van der Waals surface area contributed by atoms with Crippen molar-refractivity contribution in [3.8, 4) is 0 Å². The van der Waals surface area contributed by atoms with Crippen LogP contribution in [0, 0.1) is 13.8 Å². The number of ether oxygens (including phenoxy) is 1. The van der Waals surface area contributed by atoms with Gasteiger partial charge in [0.2, 0.25) is 0 Å². The Labute approximate surface area is 97.0 Å². The van der Waals surface area contributed by atoms with Crippen LogP contribution in [0.4, 0.5) is 5.69 Å². The van der Waals surface area contributed by atoms with E-state index in [1.54, 1.807) is 0 Å². The molecule has 0 aliphatic carbocycles. The van der Waals surface area contributed by atoms with Crippen molar-refractivity contribution in [2.45, 2.75) is 20.8 Å². The predicted octanol–water partition coefficient (Wildman–Crippen LogP) is 2.30. The van der Waals surface area contributed by atoms with Crippen molar-refractivity contribution < 1.29 is 9.53 Å². The second-order valence-corrected chi connectivity index (χ2v) is 4.01. The van der Waals surface area contributed by atoms with E-state index in [2.05, 4.69) is 32.0 Å².